The van der Waals surface area contributed by atoms with Gasteiger partial charge in [-0.3, -0.25) is 9.78 Å². The Morgan fingerprint density at radius 1 is 1.22 bits per heavy atom. The number of carbonyl (C=O) groups is 1. The number of halogens is 3. The predicted octanol–water partition coefficient (Wildman–Crippen LogP) is 3.39. The van der Waals surface area contributed by atoms with Crippen molar-refractivity contribution in [1.29, 1.82) is 0 Å². The Morgan fingerprint density at radius 3 is 2.61 bits per heavy atom. The Hall–Kier alpha value is -2.17. The summed E-state index contributed by atoms with van der Waals surface area (Å²) in [7, 11) is 0. The van der Waals surface area contributed by atoms with Crippen LogP contribution < -0.4 is 0 Å². The molecule has 0 fully saturated rings. The normalized spacial score (nSPS) is 10.7. The highest BCUT2D eigenvalue weighted by Crippen LogP contribution is 2.25. The molecule has 1 aromatic heterocycles. The van der Waals surface area contributed by atoms with Crippen LogP contribution in [0.2, 0.25) is 0 Å². The summed E-state index contributed by atoms with van der Waals surface area (Å²) >= 11 is 0. The minimum Gasteiger partial charge on any atom is -0.289 e. The van der Waals surface area contributed by atoms with Crippen LogP contribution in [0.25, 0.3) is 0 Å². The van der Waals surface area contributed by atoms with Gasteiger partial charge in [-0.1, -0.05) is 0 Å². The molecule has 0 radical (unpaired) electrons. The molecule has 5 heteroatoms. The molecule has 0 saturated heterocycles. The molecule has 1 heterocycles. The number of hydrogen-bond acceptors (Lipinski definition) is 2. The molecule has 0 amide bonds. The largest absolute Gasteiger partial charge is 0.289 e. The molecule has 2 aromatic rings. The number of rotatable bonds is 3. The number of carbonyl (C=O) groups excluding carboxylic acids is 1. The van der Waals surface area contributed by atoms with Gasteiger partial charge in [0.15, 0.2) is 5.78 Å². The van der Waals surface area contributed by atoms with Crippen molar-refractivity contribution in [3.63, 3.8) is 0 Å². The molecular formula is C13H8F3NO. The van der Waals surface area contributed by atoms with Crippen LogP contribution in [0.1, 0.15) is 27.9 Å². The molecular weight excluding hydrogens is 243 g/mol. The Kier molecular flexibility index (Phi) is 3.41. The highest BCUT2D eigenvalue weighted by atomic mass is 19.3. The first-order chi connectivity index (χ1) is 8.59. The zero-order valence-electron chi connectivity index (χ0n) is 9.11. The molecule has 0 N–H and O–H groups in total. The van der Waals surface area contributed by atoms with Crippen molar-refractivity contribution in [1.82, 2.24) is 4.98 Å². The van der Waals surface area contributed by atoms with Crippen molar-refractivity contribution >= 4 is 5.78 Å². The molecule has 18 heavy (non-hydrogen) atoms. The minimum atomic E-state index is -2.83. The van der Waals surface area contributed by atoms with E-state index >= 15 is 0 Å². The Morgan fingerprint density at radius 2 is 2.00 bits per heavy atom. The number of aromatic nitrogens is 1. The Labute approximate surface area is 101 Å². The first-order valence-electron chi connectivity index (χ1n) is 5.12. The second kappa shape index (κ2) is 5.00. The molecule has 0 aliphatic rings. The number of ketones is 1. The van der Waals surface area contributed by atoms with E-state index in [1.165, 1.54) is 24.5 Å². The second-order valence-electron chi connectivity index (χ2n) is 3.60. The lowest BCUT2D eigenvalue weighted by Gasteiger charge is -2.07. The summed E-state index contributed by atoms with van der Waals surface area (Å²) in [6.45, 7) is 0. The number of hydrogen-bond donors (Lipinski definition) is 0. The average Bonchev–Trinajstić information content (AvgIpc) is 2.38. The summed E-state index contributed by atoms with van der Waals surface area (Å²) in [5, 5.41) is 0. The van der Waals surface area contributed by atoms with Crippen LogP contribution in [0.4, 0.5) is 13.2 Å². The van der Waals surface area contributed by atoms with Crippen LogP contribution in [0, 0.1) is 5.82 Å². The first-order valence-corrected chi connectivity index (χ1v) is 5.12. The third-order valence-corrected chi connectivity index (χ3v) is 2.42. The molecule has 92 valence electrons. The topological polar surface area (TPSA) is 30.0 Å². The van der Waals surface area contributed by atoms with Crippen molar-refractivity contribution < 1.29 is 18.0 Å². The summed E-state index contributed by atoms with van der Waals surface area (Å²) < 4.78 is 38.6. The molecule has 2 rings (SSSR count). The summed E-state index contributed by atoms with van der Waals surface area (Å²) in [6, 6.07) is 5.59. The lowest BCUT2D eigenvalue weighted by atomic mass is 9.99. The van der Waals surface area contributed by atoms with Gasteiger partial charge < -0.3 is 0 Å². The van der Waals surface area contributed by atoms with Gasteiger partial charge in [-0.2, -0.15) is 0 Å². The fraction of sp³-hybridized carbons (Fsp3) is 0.0769. The predicted molar refractivity (Wildman–Crippen MR) is 59.0 cm³/mol. The van der Waals surface area contributed by atoms with Gasteiger partial charge >= 0.3 is 0 Å². The van der Waals surface area contributed by atoms with Crippen LogP contribution in [0.15, 0.2) is 42.7 Å². The van der Waals surface area contributed by atoms with E-state index in [9.17, 15) is 18.0 Å². The zero-order chi connectivity index (χ0) is 13.1. The van der Waals surface area contributed by atoms with E-state index in [-0.39, 0.29) is 11.1 Å². The number of nitrogens with zero attached hydrogens (tertiary/aromatic N) is 1. The Bertz CT molecular complexity index is 570. The summed E-state index contributed by atoms with van der Waals surface area (Å²) in [6.07, 6.45) is -0.125. The molecule has 0 bridgehead atoms. The van der Waals surface area contributed by atoms with Crippen molar-refractivity contribution in [3.8, 4) is 0 Å². The van der Waals surface area contributed by atoms with Gasteiger partial charge in [-0.25, -0.2) is 13.2 Å². The molecule has 0 atom stereocenters. The van der Waals surface area contributed by atoms with E-state index in [2.05, 4.69) is 4.98 Å². The maximum Gasteiger partial charge on any atom is 0.264 e. The van der Waals surface area contributed by atoms with Crippen molar-refractivity contribution in [3.05, 3.63) is 65.2 Å². The highest BCUT2D eigenvalue weighted by molar-refractivity contribution is 6.09. The second-order valence-corrected chi connectivity index (χ2v) is 3.60. The van der Waals surface area contributed by atoms with E-state index in [1.807, 2.05) is 0 Å². The number of benzene rings is 1. The lowest BCUT2D eigenvalue weighted by molar-refractivity contribution is 0.102. The third kappa shape index (κ3) is 2.40. The lowest BCUT2D eigenvalue weighted by Crippen LogP contribution is -2.07. The van der Waals surface area contributed by atoms with Crippen LogP contribution in [-0.4, -0.2) is 10.8 Å². The van der Waals surface area contributed by atoms with Crippen LogP contribution in [0.5, 0.6) is 0 Å². The average molecular weight is 251 g/mol. The van der Waals surface area contributed by atoms with E-state index in [0.717, 1.165) is 18.2 Å². The SMILES string of the molecule is O=C(c1cccnc1)c1cc(F)ccc1C(F)F. The van der Waals surface area contributed by atoms with Crippen molar-refractivity contribution in [2.24, 2.45) is 0 Å². The maximum absolute atomic E-state index is 13.1. The van der Waals surface area contributed by atoms with Crippen LogP contribution >= 0.6 is 0 Å². The summed E-state index contributed by atoms with van der Waals surface area (Å²) in [5.41, 5.74) is -0.673. The molecule has 0 unspecified atom stereocenters. The highest BCUT2D eigenvalue weighted by Gasteiger charge is 2.20. The molecule has 2 nitrogen and oxygen atoms in total. The van der Waals surface area contributed by atoms with Gasteiger partial charge in [-0.05, 0) is 30.3 Å². The molecule has 0 aliphatic heterocycles. The van der Waals surface area contributed by atoms with Crippen LogP contribution in [-0.2, 0) is 0 Å². The smallest absolute Gasteiger partial charge is 0.264 e. The minimum absolute atomic E-state index is 0.144. The van der Waals surface area contributed by atoms with Gasteiger partial charge in [0.25, 0.3) is 6.43 Å². The third-order valence-electron chi connectivity index (χ3n) is 2.42. The van der Waals surface area contributed by atoms with E-state index in [1.54, 1.807) is 0 Å². The summed E-state index contributed by atoms with van der Waals surface area (Å²) in [4.78, 5) is 15.7. The van der Waals surface area contributed by atoms with Crippen molar-refractivity contribution in [2.45, 2.75) is 6.43 Å². The zero-order valence-corrected chi connectivity index (χ0v) is 9.11. The standard InChI is InChI=1S/C13H8F3NO/c14-9-3-4-10(13(15)16)11(6-9)12(18)8-2-1-5-17-7-8/h1-7,13H. The first kappa shape index (κ1) is 12.3. The van der Waals surface area contributed by atoms with Gasteiger partial charge in [0.05, 0.1) is 0 Å². The van der Waals surface area contributed by atoms with Gasteiger partial charge in [0.2, 0.25) is 0 Å². The maximum atomic E-state index is 13.1. The fourth-order valence-corrected chi connectivity index (χ4v) is 1.57. The molecule has 1 aromatic carbocycles. The monoisotopic (exact) mass is 251 g/mol. The van der Waals surface area contributed by atoms with E-state index in [4.69, 9.17) is 0 Å². The molecule has 0 spiro atoms. The molecule has 0 aliphatic carbocycles. The van der Waals surface area contributed by atoms with Crippen molar-refractivity contribution in [2.75, 3.05) is 0 Å². The number of alkyl halides is 2. The summed E-state index contributed by atoms with van der Waals surface area (Å²) in [5.74, 6) is -1.40. The molecule has 0 saturated carbocycles. The number of pyridine rings is 1. The van der Waals surface area contributed by atoms with Gasteiger partial charge in [0.1, 0.15) is 5.82 Å². The Balaban J connectivity index is 2.50. The van der Waals surface area contributed by atoms with E-state index in [0.29, 0.717) is 0 Å². The van der Waals surface area contributed by atoms with Gasteiger partial charge in [0, 0.05) is 29.1 Å². The fourth-order valence-electron chi connectivity index (χ4n) is 1.57. The quantitative estimate of drug-likeness (QED) is 0.782. The van der Waals surface area contributed by atoms with Crippen LogP contribution in [0.3, 0.4) is 0 Å². The van der Waals surface area contributed by atoms with Gasteiger partial charge in [-0.15, -0.1) is 0 Å². The van der Waals surface area contributed by atoms with E-state index < -0.39 is 23.6 Å².